The first kappa shape index (κ1) is 21.6. The van der Waals surface area contributed by atoms with Crippen LogP contribution in [0.4, 0.5) is 0 Å². The van der Waals surface area contributed by atoms with Crippen LogP contribution in [0.3, 0.4) is 0 Å². The molecule has 0 bridgehead atoms. The second kappa shape index (κ2) is 9.01. The zero-order valence-electron chi connectivity index (χ0n) is 16.4. The summed E-state index contributed by atoms with van der Waals surface area (Å²) in [5.41, 5.74) is 5.90. The Morgan fingerprint density at radius 2 is 1.86 bits per heavy atom. The summed E-state index contributed by atoms with van der Waals surface area (Å²) in [5, 5.41) is 26.9. The predicted molar refractivity (Wildman–Crippen MR) is 108 cm³/mol. The van der Waals surface area contributed by atoms with Crippen molar-refractivity contribution in [3.63, 3.8) is 0 Å². The molecule has 152 valence electrons. The first-order valence-electron chi connectivity index (χ1n) is 9.43. The van der Waals surface area contributed by atoms with Gasteiger partial charge in [-0.25, -0.2) is 0 Å². The quantitative estimate of drug-likeness (QED) is 0.421. The predicted octanol–water partition coefficient (Wildman–Crippen LogP) is 2.08. The Morgan fingerprint density at radius 3 is 2.36 bits per heavy atom. The van der Waals surface area contributed by atoms with Crippen LogP contribution in [0, 0.1) is 16.7 Å². The number of piperidine rings is 1. The molecule has 1 aliphatic heterocycles. The number of amides is 1. The van der Waals surface area contributed by atoms with Crippen molar-refractivity contribution in [3.8, 4) is 0 Å². The number of hydrogen-bond donors (Lipinski definition) is 4. The number of aliphatic hydroxyl groups is 1. The molecule has 7 heteroatoms. The van der Waals surface area contributed by atoms with Gasteiger partial charge in [0.1, 0.15) is 5.84 Å². The SMILES string of the molecule is CC(C)(C(=O)N1CCC(CC(=O)O)CC1)C(O)/C=C/c1ccc(C(=N)N)cc1. The lowest BCUT2D eigenvalue weighted by molar-refractivity contribution is -0.146. The summed E-state index contributed by atoms with van der Waals surface area (Å²) in [5.74, 6) is -0.839. The molecule has 0 aromatic heterocycles. The van der Waals surface area contributed by atoms with E-state index in [1.165, 1.54) is 0 Å². The minimum absolute atomic E-state index is 0.00517. The molecule has 1 aromatic carbocycles. The number of hydrogen-bond acceptors (Lipinski definition) is 4. The normalized spacial score (nSPS) is 16.9. The number of carboxylic acid groups (broad SMARTS) is 1. The van der Waals surface area contributed by atoms with E-state index in [0.29, 0.717) is 31.5 Å². The molecule has 1 aliphatic rings. The van der Waals surface area contributed by atoms with Crippen LogP contribution in [-0.4, -0.2) is 52.0 Å². The first-order valence-corrected chi connectivity index (χ1v) is 9.43. The van der Waals surface area contributed by atoms with Gasteiger partial charge in [0.25, 0.3) is 0 Å². The molecule has 1 saturated heterocycles. The van der Waals surface area contributed by atoms with E-state index in [9.17, 15) is 14.7 Å². The summed E-state index contributed by atoms with van der Waals surface area (Å²) in [6.07, 6.45) is 3.84. The molecule has 5 N–H and O–H groups in total. The Balaban J connectivity index is 1.97. The van der Waals surface area contributed by atoms with E-state index in [1.807, 2.05) is 0 Å². The number of carbonyl (C=O) groups excluding carboxylic acids is 1. The molecule has 0 spiro atoms. The third kappa shape index (κ3) is 5.42. The Bertz CT molecular complexity index is 747. The molecule has 1 unspecified atom stereocenters. The van der Waals surface area contributed by atoms with Crippen molar-refractivity contribution >= 4 is 23.8 Å². The Kier molecular flexibility index (Phi) is 6.96. The molecule has 1 aromatic rings. The van der Waals surface area contributed by atoms with Crippen molar-refractivity contribution < 1.29 is 19.8 Å². The molecule has 28 heavy (non-hydrogen) atoms. The van der Waals surface area contributed by atoms with Gasteiger partial charge in [-0.1, -0.05) is 36.4 Å². The minimum Gasteiger partial charge on any atom is -0.481 e. The van der Waals surface area contributed by atoms with Crippen molar-refractivity contribution in [2.45, 2.75) is 39.2 Å². The minimum atomic E-state index is -0.991. The van der Waals surface area contributed by atoms with E-state index in [4.69, 9.17) is 16.2 Å². The van der Waals surface area contributed by atoms with E-state index in [-0.39, 0.29) is 24.1 Å². The average Bonchev–Trinajstić information content (AvgIpc) is 2.65. The highest BCUT2D eigenvalue weighted by atomic mass is 16.4. The van der Waals surface area contributed by atoms with Crippen molar-refractivity contribution in [2.75, 3.05) is 13.1 Å². The Labute approximate surface area is 165 Å². The average molecular weight is 387 g/mol. The van der Waals surface area contributed by atoms with Gasteiger partial charge in [-0.15, -0.1) is 0 Å². The summed E-state index contributed by atoms with van der Waals surface area (Å²) >= 11 is 0. The molecule has 0 radical (unpaired) electrons. The van der Waals surface area contributed by atoms with Crippen LogP contribution in [0.1, 0.15) is 44.2 Å². The standard InChI is InChI=1S/C21H29N3O4/c1-21(2,20(28)24-11-9-15(10-12-24)13-18(26)27)17(25)8-5-14-3-6-16(7-4-14)19(22)23/h3-8,15,17,25H,9-13H2,1-2H3,(H3,22,23)(H,26,27)/b8-5+. The van der Waals surface area contributed by atoms with Gasteiger partial charge in [0, 0.05) is 25.1 Å². The summed E-state index contributed by atoms with van der Waals surface area (Å²) < 4.78 is 0. The van der Waals surface area contributed by atoms with Crippen molar-refractivity contribution in [3.05, 3.63) is 41.5 Å². The molecule has 0 aliphatic carbocycles. The number of rotatable bonds is 7. The number of nitrogens with one attached hydrogen (secondary N) is 1. The summed E-state index contributed by atoms with van der Waals surface area (Å²) in [6.45, 7) is 4.46. The fourth-order valence-electron chi connectivity index (χ4n) is 3.34. The van der Waals surface area contributed by atoms with Gasteiger partial charge >= 0.3 is 5.97 Å². The third-order valence-electron chi connectivity index (χ3n) is 5.35. The van der Waals surface area contributed by atoms with Crippen LogP contribution in [0.15, 0.2) is 30.3 Å². The first-order chi connectivity index (χ1) is 13.1. The number of carboxylic acids is 1. The lowest BCUT2D eigenvalue weighted by atomic mass is 9.83. The van der Waals surface area contributed by atoms with Crippen LogP contribution in [-0.2, 0) is 9.59 Å². The maximum Gasteiger partial charge on any atom is 0.303 e. The number of likely N-dealkylation sites (tertiary alicyclic amines) is 1. The van der Waals surface area contributed by atoms with Gasteiger partial charge in [0.05, 0.1) is 11.5 Å². The van der Waals surface area contributed by atoms with Gasteiger partial charge in [-0.05, 0) is 38.2 Å². The molecule has 1 fully saturated rings. The Hall–Kier alpha value is -2.67. The second-order valence-corrected chi connectivity index (χ2v) is 7.89. The monoisotopic (exact) mass is 387 g/mol. The lowest BCUT2D eigenvalue weighted by Crippen LogP contribution is -2.49. The molecule has 1 atom stereocenters. The summed E-state index contributed by atoms with van der Waals surface area (Å²) in [4.78, 5) is 25.5. The molecule has 7 nitrogen and oxygen atoms in total. The molecule has 0 saturated carbocycles. The highest BCUT2D eigenvalue weighted by molar-refractivity contribution is 5.95. The van der Waals surface area contributed by atoms with Gasteiger partial charge in [0.2, 0.25) is 5.91 Å². The maximum atomic E-state index is 12.9. The maximum absolute atomic E-state index is 12.9. The van der Waals surface area contributed by atoms with E-state index in [0.717, 1.165) is 5.56 Å². The van der Waals surface area contributed by atoms with E-state index >= 15 is 0 Å². The van der Waals surface area contributed by atoms with Gasteiger partial charge in [-0.2, -0.15) is 0 Å². The lowest BCUT2D eigenvalue weighted by Gasteiger charge is -2.38. The van der Waals surface area contributed by atoms with Gasteiger partial charge in [0.15, 0.2) is 0 Å². The largest absolute Gasteiger partial charge is 0.481 e. The number of nitrogen functional groups attached to an aromatic ring is 1. The fraction of sp³-hybridized carbons (Fsp3) is 0.476. The molecule has 2 rings (SSSR count). The van der Waals surface area contributed by atoms with Crippen molar-refractivity contribution in [1.29, 1.82) is 5.41 Å². The van der Waals surface area contributed by atoms with Crippen LogP contribution in [0.25, 0.3) is 6.08 Å². The van der Waals surface area contributed by atoms with E-state index < -0.39 is 17.5 Å². The van der Waals surface area contributed by atoms with Gasteiger partial charge < -0.3 is 20.8 Å². The highest BCUT2D eigenvalue weighted by Crippen LogP contribution is 2.29. The fourth-order valence-corrected chi connectivity index (χ4v) is 3.34. The Morgan fingerprint density at radius 1 is 1.29 bits per heavy atom. The number of nitrogens with zero attached hydrogens (tertiary/aromatic N) is 1. The zero-order chi connectivity index (χ0) is 20.9. The van der Waals surface area contributed by atoms with E-state index in [2.05, 4.69) is 0 Å². The molecular weight excluding hydrogens is 358 g/mol. The van der Waals surface area contributed by atoms with E-state index in [1.54, 1.807) is 55.2 Å². The molecule has 1 amide bonds. The smallest absolute Gasteiger partial charge is 0.303 e. The second-order valence-electron chi connectivity index (χ2n) is 7.89. The number of benzene rings is 1. The number of carbonyl (C=O) groups is 2. The molecular formula is C21H29N3O4. The van der Waals surface area contributed by atoms with Crippen LogP contribution >= 0.6 is 0 Å². The van der Waals surface area contributed by atoms with Crippen LogP contribution in [0.5, 0.6) is 0 Å². The van der Waals surface area contributed by atoms with Crippen LogP contribution < -0.4 is 5.73 Å². The number of amidine groups is 1. The molecule has 1 heterocycles. The summed E-state index contributed by atoms with van der Waals surface area (Å²) in [7, 11) is 0. The summed E-state index contributed by atoms with van der Waals surface area (Å²) in [6, 6.07) is 7.04. The van der Waals surface area contributed by atoms with Crippen molar-refractivity contribution in [1.82, 2.24) is 4.90 Å². The highest BCUT2D eigenvalue weighted by Gasteiger charge is 2.38. The topological polar surface area (TPSA) is 128 Å². The van der Waals surface area contributed by atoms with Gasteiger partial charge in [-0.3, -0.25) is 15.0 Å². The number of aliphatic carboxylic acids is 1. The zero-order valence-corrected chi connectivity index (χ0v) is 16.4. The van der Waals surface area contributed by atoms with Crippen LogP contribution in [0.2, 0.25) is 0 Å². The third-order valence-corrected chi connectivity index (χ3v) is 5.35. The number of nitrogens with two attached hydrogens (primary N) is 1. The number of aliphatic hydroxyl groups excluding tert-OH is 1. The van der Waals surface area contributed by atoms with Crippen molar-refractivity contribution in [2.24, 2.45) is 17.1 Å².